The molecule has 3 aromatic carbocycles. The van der Waals surface area contributed by atoms with Crippen molar-refractivity contribution < 1.29 is 28.2 Å². The third kappa shape index (κ3) is 4.22. The van der Waals surface area contributed by atoms with Crippen LogP contribution in [0.1, 0.15) is 30.5 Å². The molecule has 9 heteroatoms. The Morgan fingerprint density at radius 2 is 1.72 bits per heavy atom. The smallest absolute Gasteiger partial charge is 0.301 e. The molecule has 0 unspecified atom stereocenters. The van der Waals surface area contributed by atoms with Crippen molar-refractivity contribution in [3.63, 3.8) is 0 Å². The van der Waals surface area contributed by atoms with E-state index in [2.05, 4.69) is 4.98 Å². The van der Waals surface area contributed by atoms with Crippen LogP contribution in [-0.4, -0.2) is 28.4 Å². The average molecular weight is 507 g/mol. The van der Waals surface area contributed by atoms with Crippen molar-refractivity contribution in [2.24, 2.45) is 0 Å². The van der Waals surface area contributed by atoms with Crippen LogP contribution >= 0.6 is 11.3 Å². The summed E-state index contributed by atoms with van der Waals surface area (Å²) in [6, 6.07) is 14.9. The van der Waals surface area contributed by atoms with Gasteiger partial charge < -0.3 is 9.84 Å². The number of amides is 1. The largest absolute Gasteiger partial charge is 0.507 e. The topological polar surface area (TPSA) is 79.7 Å². The molecule has 2 heterocycles. The fourth-order valence-corrected chi connectivity index (χ4v) is 5.08. The van der Waals surface area contributed by atoms with Crippen molar-refractivity contribution in [3.8, 4) is 5.75 Å². The number of hydrogen-bond acceptors (Lipinski definition) is 6. The number of aromatic nitrogens is 1. The molecule has 0 spiro atoms. The number of halogens is 2. The van der Waals surface area contributed by atoms with Crippen LogP contribution in [0.2, 0.25) is 0 Å². The van der Waals surface area contributed by atoms with E-state index >= 15 is 0 Å². The first-order chi connectivity index (χ1) is 17.4. The van der Waals surface area contributed by atoms with Crippen LogP contribution in [0, 0.1) is 11.6 Å². The fourth-order valence-electron chi connectivity index (χ4n) is 4.06. The molecule has 0 bridgehead atoms. The lowest BCUT2D eigenvalue weighted by molar-refractivity contribution is -0.132. The van der Waals surface area contributed by atoms with E-state index in [0.29, 0.717) is 28.1 Å². The van der Waals surface area contributed by atoms with E-state index in [4.69, 9.17) is 4.74 Å². The number of benzene rings is 3. The zero-order chi connectivity index (χ0) is 25.4. The van der Waals surface area contributed by atoms with Gasteiger partial charge in [0, 0.05) is 5.56 Å². The summed E-state index contributed by atoms with van der Waals surface area (Å²) in [5, 5.41) is 11.3. The summed E-state index contributed by atoms with van der Waals surface area (Å²) in [5.41, 5.74) is 1.04. The third-order valence-corrected chi connectivity index (χ3v) is 6.79. The quantitative estimate of drug-likeness (QED) is 0.197. The summed E-state index contributed by atoms with van der Waals surface area (Å²) in [7, 11) is 0. The Bertz CT molecular complexity index is 1500. The number of aliphatic hydroxyl groups excluding tert-OH is 1. The molecule has 36 heavy (non-hydrogen) atoms. The highest BCUT2D eigenvalue weighted by Gasteiger charge is 2.48. The summed E-state index contributed by atoms with van der Waals surface area (Å²) in [6.45, 7) is 2.52. The number of carbonyl (C=O) groups excluding carboxylic acids is 2. The molecule has 6 nitrogen and oxygen atoms in total. The second-order valence-electron chi connectivity index (χ2n) is 8.20. The molecule has 1 saturated heterocycles. The van der Waals surface area contributed by atoms with Gasteiger partial charge >= 0.3 is 5.91 Å². The number of nitrogens with zero attached hydrogens (tertiary/aromatic N) is 2. The summed E-state index contributed by atoms with van der Waals surface area (Å²) < 4.78 is 33.4. The molecule has 4 aromatic rings. The number of rotatable bonds is 6. The van der Waals surface area contributed by atoms with Crippen molar-refractivity contribution in [2.45, 2.75) is 19.4 Å². The summed E-state index contributed by atoms with van der Waals surface area (Å²) in [6.07, 6.45) is 0.831. The fraction of sp³-hybridized carbons (Fsp3) is 0.148. The molecule has 5 rings (SSSR count). The number of ketones is 1. The number of Topliss-reactive ketones (excluding diaryl/α,β-unsaturated/α-hetero) is 1. The predicted octanol–water partition coefficient (Wildman–Crippen LogP) is 5.99. The highest BCUT2D eigenvalue weighted by atomic mass is 32.1. The predicted molar refractivity (Wildman–Crippen MR) is 133 cm³/mol. The molecule has 1 atom stereocenters. The Hall–Kier alpha value is -4.11. The van der Waals surface area contributed by atoms with Crippen LogP contribution < -0.4 is 9.64 Å². The number of aliphatic hydroxyl groups is 1. The molecule has 182 valence electrons. The first-order valence-electron chi connectivity index (χ1n) is 11.2. The van der Waals surface area contributed by atoms with E-state index in [1.165, 1.54) is 35.2 Å². The Kier molecular flexibility index (Phi) is 6.24. The van der Waals surface area contributed by atoms with Crippen molar-refractivity contribution >= 4 is 44.1 Å². The van der Waals surface area contributed by atoms with Gasteiger partial charge in [0.2, 0.25) is 0 Å². The van der Waals surface area contributed by atoms with Crippen molar-refractivity contribution in [1.29, 1.82) is 0 Å². The molecule has 1 amide bonds. The Labute approximate surface area is 209 Å². The maximum Gasteiger partial charge on any atom is 0.301 e. The number of carbonyl (C=O) groups is 2. The number of anilines is 1. The molecular formula is C27H20F2N2O4S. The van der Waals surface area contributed by atoms with E-state index in [1.807, 2.05) is 6.92 Å². The van der Waals surface area contributed by atoms with E-state index < -0.39 is 35.1 Å². The Balaban J connectivity index is 1.67. The first kappa shape index (κ1) is 23.6. The van der Waals surface area contributed by atoms with Gasteiger partial charge in [-0.2, -0.15) is 0 Å². The van der Waals surface area contributed by atoms with Crippen molar-refractivity contribution in [3.05, 3.63) is 95.1 Å². The minimum absolute atomic E-state index is 0.153. The molecule has 0 radical (unpaired) electrons. The standard InChI is InChI=1S/C27H20F2N2O4S/c1-2-13-35-19-10-5-15(6-11-19)23-22(24(32)16-3-7-17(28)8-4-16)25(33)26(34)31(23)27-30-20-12-9-18(29)14-21(20)36-27/h3-12,14,23,32H,2,13H2,1H3/t23-/m1/s1. The van der Waals surface area contributed by atoms with Crippen LogP contribution in [0.5, 0.6) is 5.75 Å². The Morgan fingerprint density at radius 3 is 2.42 bits per heavy atom. The molecule has 1 fully saturated rings. The number of thiazole rings is 1. The van der Waals surface area contributed by atoms with Gasteiger partial charge in [-0.1, -0.05) is 30.4 Å². The summed E-state index contributed by atoms with van der Waals surface area (Å²) in [4.78, 5) is 32.2. The van der Waals surface area contributed by atoms with Gasteiger partial charge in [0.25, 0.3) is 5.78 Å². The van der Waals surface area contributed by atoms with Gasteiger partial charge in [-0.05, 0) is 66.6 Å². The SMILES string of the molecule is CCCOc1ccc([C@@H]2C(=C(O)c3ccc(F)cc3)C(=O)C(=O)N2c2nc3ccc(F)cc3s2)cc1. The van der Waals surface area contributed by atoms with Gasteiger partial charge in [0.1, 0.15) is 23.1 Å². The van der Waals surface area contributed by atoms with Crippen LogP contribution in [-0.2, 0) is 9.59 Å². The lowest BCUT2D eigenvalue weighted by Crippen LogP contribution is -2.29. The lowest BCUT2D eigenvalue weighted by Gasteiger charge is -2.23. The van der Waals surface area contributed by atoms with Crippen LogP contribution in [0.3, 0.4) is 0 Å². The van der Waals surface area contributed by atoms with Gasteiger partial charge in [0.15, 0.2) is 5.13 Å². The van der Waals surface area contributed by atoms with Gasteiger partial charge in [-0.25, -0.2) is 13.8 Å². The van der Waals surface area contributed by atoms with E-state index in [0.717, 1.165) is 29.9 Å². The second kappa shape index (κ2) is 9.50. The minimum atomic E-state index is -1.01. The second-order valence-corrected chi connectivity index (χ2v) is 9.21. The minimum Gasteiger partial charge on any atom is -0.507 e. The van der Waals surface area contributed by atoms with Gasteiger partial charge in [0.05, 0.1) is 28.4 Å². The zero-order valence-corrected chi connectivity index (χ0v) is 19.9. The molecule has 0 saturated carbocycles. The lowest BCUT2D eigenvalue weighted by atomic mass is 9.95. The van der Waals surface area contributed by atoms with Crippen LogP contribution in [0.4, 0.5) is 13.9 Å². The van der Waals surface area contributed by atoms with E-state index in [-0.39, 0.29) is 16.3 Å². The third-order valence-electron chi connectivity index (χ3n) is 5.78. The number of hydrogen-bond donors (Lipinski definition) is 1. The average Bonchev–Trinajstić information content (AvgIpc) is 3.40. The molecule has 1 aliphatic rings. The molecular weight excluding hydrogens is 486 g/mol. The summed E-state index contributed by atoms with van der Waals surface area (Å²) >= 11 is 1.06. The number of ether oxygens (including phenoxy) is 1. The molecule has 1 N–H and O–H groups in total. The van der Waals surface area contributed by atoms with Gasteiger partial charge in [-0.15, -0.1) is 0 Å². The molecule has 1 aliphatic heterocycles. The Morgan fingerprint density at radius 1 is 1.03 bits per heavy atom. The highest BCUT2D eigenvalue weighted by Crippen LogP contribution is 2.44. The first-order valence-corrected chi connectivity index (χ1v) is 12.0. The van der Waals surface area contributed by atoms with Crippen LogP contribution in [0.15, 0.2) is 72.3 Å². The van der Waals surface area contributed by atoms with Crippen molar-refractivity contribution in [1.82, 2.24) is 4.98 Å². The number of fused-ring (bicyclic) bond motifs is 1. The summed E-state index contributed by atoms with van der Waals surface area (Å²) in [5.74, 6) is -2.55. The van der Waals surface area contributed by atoms with Crippen LogP contribution in [0.25, 0.3) is 16.0 Å². The van der Waals surface area contributed by atoms with E-state index in [9.17, 15) is 23.5 Å². The maximum absolute atomic E-state index is 13.8. The molecule has 1 aromatic heterocycles. The molecule has 0 aliphatic carbocycles. The van der Waals surface area contributed by atoms with Gasteiger partial charge in [-0.3, -0.25) is 14.5 Å². The monoisotopic (exact) mass is 506 g/mol. The normalized spacial score (nSPS) is 17.2. The highest BCUT2D eigenvalue weighted by molar-refractivity contribution is 7.22. The maximum atomic E-state index is 13.8. The zero-order valence-electron chi connectivity index (χ0n) is 19.1. The van der Waals surface area contributed by atoms with E-state index in [1.54, 1.807) is 24.3 Å². The van der Waals surface area contributed by atoms with Crippen molar-refractivity contribution in [2.75, 3.05) is 11.5 Å².